The van der Waals surface area contributed by atoms with E-state index in [4.69, 9.17) is 4.74 Å². The van der Waals surface area contributed by atoms with Gasteiger partial charge in [-0.15, -0.1) is 11.3 Å². The van der Waals surface area contributed by atoms with Gasteiger partial charge in [-0.25, -0.2) is 4.98 Å². The molecule has 86 valence electrons. The monoisotopic (exact) mass is 228 g/mol. The fourth-order valence-corrected chi connectivity index (χ4v) is 2.36. The fourth-order valence-electron chi connectivity index (χ4n) is 1.42. The van der Waals surface area contributed by atoms with Gasteiger partial charge in [-0.3, -0.25) is 0 Å². The normalized spacial score (nSPS) is 15.2. The summed E-state index contributed by atoms with van der Waals surface area (Å²) in [6.45, 7) is 10.0. The van der Waals surface area contributed by atoms with Crippen molar-refractivity contribution >= 4 is 11.3 Å². The average molecular weight is 228 g/mol. The highest BCUT2D eigenvalue weighted by atomic mass is 32.1. The Bertz CT molecular complexity index is 261. The second-order valence-corrected chi connectivity index (χ2v) is 4.57. The number of rotatable bonds is 6. The Hall–Kier alpha value is -0.450. The van der Waals surface area contributed by atoms with Gasteiger partial charge in [0.05, 0.1) is 0 Å². The molecule has 1 rings (SSSR count). The zero-order valence-corrected chi connectivity index (χ0v) is 10.7. The molecule has 0 aromatic carbocycles. The van der Waals surface area contributed by atoms with Crippen LogP contribution in [-0.4, -0.2) is 18.1 Å². The molecule has 0 radical (unpaired) electrons. The molecule has 0 saturated carbocycles. The molecular weight excluding hydrogens is 208 g/mol. The second kappa shape index (κ2) is 6.20. The number of hydrogen-bond donors (Lipinski definition) is 1. The van der Waals surface area contributed by atoms with E-state index in [2.05, 4.69) is 24.1 Å². The molecule has 0 saturated heterocycles. The zero-order chi connectivity index (χ0) is 11.3. The first-order chi connectivity index (χ1) is 7.19. The highest BCUT2D eigenvalue weighted by Crippen LogP contribution is 2.26. The van der Waals surface area contributed by atoms with Gasteiger partial charge in [0.2, 0.25) is 0 Å². The number of ether oxygens (including phenoxy) is 1. The minimum atomic E-state index is 0.113. The van der Waals surface area contributed by atoms with Crippen LogP contribution in [0.2, 0.25) is 0 Å². The molecule has 1 heterocycles. The molecule has 0 bridgehead atoms. The van der Waals surface area contributed by atoms with Crippen molar-refractivity contribution in [1.82, 2.24) is 10.3 Å². The van der Waals surface area contributed by atoms with Gasteiger partial charge >= 0.3 is 0 Å². The standard InChI is InChI=1S/C11H20N2OS/c1-5-12-8(3)10-7-13-11(15-10)9(4)14-6-2/h7-9,12H,5-6H2,1-4H3. The Morgan fingerprint density at radius 2 is 2.20 bits per heavy atom. The van der Waals surface area contributed by atoms with Crippen molar-refractivity contribution in [1.29, 1.82) is 0 Å². The summed E-state index contributed by atoms with van der Waals surface area (Å²) in [6, 6.07) is 0.384. The van der Waals surface area contributed by atoms with E-state index in [1.54, 1.807) is 11.3 Å². The molecule has 0 aliphatic heterocycles. The van der Waals surface area contributed by atoms with Crippen molar-refractivity contribution in [3.05, 3.63) is 16.1 Å². The van der Waals surface area contributed by atoms with Crippen LogP contribution < -0.4 is 5.32 Å². The Balaban J connectivity index is 2.62. The lowest BCUT2D eigenvalue weighted by atomic mass is 10.3. The van der Waals surface area contributed by atoms with E-state index in [-0.39, 0.29) is 6.10 Å². The van der Waals surface area contributed by atoms with Crippen molar-refractivity contribution in [2.75, 3.05) is 13.2 Å². The molecule has 15 heavy (non-hydrogen) atoms. The molecule has 0 amide bonds. The van der Waals surface area contributed by atoms with Crippen LogP contribution in [0.4, 0.5) is 0 Å². The summed E-state index contributed by atoms with van der Waals surface area (Å²) in [4.78, 5) is 5.67. The largest absolute Gasteiger partial charge is 0.372 e. The molecule has 3 nitrogen and oxygen atoms in total. The van der Waals surface area contributed by atoms with Gasteiger partial charge in [0.25, 0.3) is 0 Å². The molecule has 2 unspecified atom stereocenters. The quantitative estimate of drug-likeness (QED) is 0.813. The van der Waals surface area contributed by atoms with Crippen LogP contribution in [-0.2, 0) is 4.74 Å². The molecule has 0 aliphatic carbocycles. The maximum atomic E-state index is 5.51. The Kier molecular flexibility index (Phi) is 5.22. The van der Waals surface area contributed by atoms with Crippen LogP contribution in [0, 0.1) is 0 Å². The van der Waals surface area contributed by atoms with Crippen molar-refractivity contribution < 1.29 is 4.74 Å². The first-order valence-corrected chi connectivity index (χ1v) is 6.31. The number of aromatic nitrogens is 1. The fraction of sp³-hybridized carbons (Fsp3) is 0.727. The average Bonchev–Trinajstić information content (AvgIpc) is 2.67. The lowest BCUT2D eigenvalue weighted by Gasteiger charge is -2.09. The summed E-state index contributed by atoms with van der Waals surface area (Å²) in [5, 5.41) is 4.44. The molecule has 1 aromatic heterocycles. The van der Waals surface area contributed by atoms with E-state index in [0.717, 1.165) is 18.2 Å². The van der Waals surface area contributed by atoms with Gasteiger partial charge in [-0.1, -0.05) is 6.92 Å². The Labute approximate surface area is 95.9 Å². The summed E-state index contributed by atoms with van der Waals surface area (Å²) in [6.07, 6.45) is 2.06. The van der Waals surface area contributed by atoms with Crippen molar-refractivity contribution in [2.45, 2.75) is 39.8 Å². The topological polar surface area (TPSA) is 34.2 Å². The molecule has 2 atom stereocenters. The van der Waals surface area contributed by atoms with Crippen molar-refractivity contribution in [3.8, 4) is 0 Å². The second-order valence-electron chi connectivity index (χ2n) is 3.48. The molecule has 1 aromatic rings. The van der Waals surface area contributed by atoms with Crippen LogP contribution >= 0.6 is 11.3 Å². The SMILES string of the molecule is CCNC(C)c1cnc(C(C)OCC)s1. The lowest BCUT2D eigenvalue weighted by Crippen LogP contribution is -2.16. The number of hydrogen-bond acceptors (Lipinski definition) is 4. The number of thiazole rings is 1. The van der Waals surface area contributed by atoms with Crippen molar-refractivity contribution in [3.63, 3.8) is 0 Å². The van der Waals surface area contributed by atoms with E-state index in [1.165, 1.54) is 4.88 Å². The van der Waals surface area contributed by atoms with E-state index >= 15 is 0 Å². The summed E-state index contributed by atoms with van der Waals surface area (Å²) >= 11 is 1.73. The summed E-state index contributed by atoms with van der Waals surface area (Å²) in [5.41, 5.74) is 0. The van der Waals surface area contributed by atoms with Gasteiger partial charge in [0.1, 0.15) is 11.1 Å². The van der Waals surface area contributed by atoms with E-state index in [0.29, 0.717) is 6.04 Å². The highest BCUT2D eigenvalue weighted by molar-refractivity contribution is 7.11. The predicted octanol–water partition coefficient (Wildman–Crippen LogP) is 2.91. The third kappa shape index (κ3) is 3.55. The van der Waals surface area contributed by atoms with Crippen LogP contribution in [0.15, 0.2) is 6.20 Å². The third-order valence-corrected chi connectivity index (χ3v) is 3.58. The zero-order valence-electron chi connectivity index (χ0n) is 9.91. The van der Waals surface area contributed by atoms with Crippen molar-refractivity contribution in [2.24, 2.45) is 0 Å². The van der Waals surface area contributed by atoms with E-state index in [9.17, 15) is 0 Å². The Morgan fingerprint density at radius 3 is 2.80 bits per heavy atom. The van der Waals surface area contributed by atoms with Crippen LogP contribution in [0.5, 0.6) is 0 Å². The minimum absolute atomic E-state index is 0.113. The van der Waals surface area contributed by atoms with E-state index in [1.807, 2.05) is 20.0 Å². The van der Waals surface area contributed by atoms with Gasteiger partial charge < -0.3 is 10.1 Å². The first-order valence-electron chi connectivity index (χ1n) is 5.49. The predicted molar refractivity (Wildman–Crippen MR) is 64.2 cm³/mol. The summed E-state index contributed by atoms with van der Waals surface area (Å²) in [7, 11) is 0. The molecular formula is C11H20N2OS. The molecule has 0 spiro atoms. The summed E-state index contributed by atoms with van der Waals surface area (Å²) < 4.78 is 5.51. The van der Waals surface area contributed by atoms with Gasteiger partial charge in [-0.05, 0) is 27.3 Å². The molecule has 4 heteroatoms. The first kappa shape index (κ1) is 12.6. The third-order valence-electron chi connectivity index (χ3n) is 2.24. The molecule has 0 fully saturated rings. The van der Waals surface area contributed by atoms with Crippen LogP contribution in [0.25, 0.3) is 0 Å². The van der Waals surface area contributed by atoms with Gasteiger partial charge in [0.15, 0.2) is 0 Å². The highest BCUT2D eigenvalue weighted by Gasteiger charge is 2.13. The molecule has 1 N–H and O–H groups in total. The number of nitrogens with one attached hydrogen (secondary N) is 1. The van der Waals surface area contributed by atoms with Gasteiger partial charge in [-0.2, -0.15) is 0 Å². The van der Waals surface area contributed by atoms with Gasteiger partial charge in [0, 0.05) is 23.7 Å². The van der Waals surface area contributed by atoms with Crippen LogP contribution in [0.1, 0.15) is 49.7 Å². The lowest BCUT2D eigenvalue weighted by molar-refractivity contribution is 0.0762. The summed E-state index contributed by atoms with van der Waals surface area (Å²) in [5.74, 6) is 0. The van der Waals surface area contributed by atoms with E-state index < -0.39 is 0 Å². The Morgan fingerprint density at radius 1 is 1.47 bits per heavy atom. The minimum Gasteiger partial charge on any atom is -0.372 e. The number of nitrogens with zero attached hydrogens (tertiary/aromatic N) is 1. The maximum absolute atomic E-state index is 5.51. The smallest absolute Gasteiger partial charge is 0.121 e. The molecule has 0 aliphatic rings. The maximum Gasteiger partial charge on any atom is 0.121 e. The van der Waals surface area contributed by atoms with Crippen LogP contribution in [0.3, 0.4) is 0 Å².